The SMILES string of the molecule is COc1cccc(OC2CN(C(C)(C)CCC(C)(c3ccccc3)c3ccccc3)C2)c1.O=NO. The van der Waals surface area contributed by atoms with Gasteiger partial charge in [-0.1, -0.05) is 73.7 Å². The minimum absolute atomic E-state index is 0.0127. The molecule has 3 aromatic rings. The highest BCUT2D eigenvalue weighted by atomic mass is 16.6. The Morgan fingerprint density at radius 3 is 1.89 bits per heavy atom. The van der Waals surface area contributed by atoms with Crippen LogP contribution in [-0.4, -0.2) is 41.9 Å². The fourth-order valence-corrected chi connectivity index (χ4v) is 4.66. The van der Waals surface area contributed by atoms with E-state index in [0.717, 1.165) is 37.4 Å². The molecule has 0 spiro atoms. The maximum absolute atomic E-state index is 8.11. The Labute approximate surface area is 208 Å². The van der Waals surface area contributed by atoms with Crippen LogP contribution in [0.5, 0.6) is 11.5 Å². The van der Waals surface area contributed by atoms with Crippen molar-refractivity contribution in [3.63, 3.8) is 0 Å². The molecule has 3 aromatic carbocycles. The predicted molar refractivity (Wildman–Crippen MR) is 139 cm³/mol. The Balaban J connectivity index is 0.00000108. The molecule has 0 unspecified atom stereocenters. The Kier molecular flexibility index (Phi) is 8.88. The molecule has 0 radical (unpaired) electrons. The van der Waals surface area contributed by atoms with Crippen LogP contribution in [0.4, 0.5) is 0 Å². The van der Waals surface area contributed by atoms with E-state index in [9.17, 15) is 0 Å². The first-order valence-electron chi connectivity index (χ1n) is 12.0. The molecule has 0 aromatic heterocycles. The van der Waals surface area contributed by atoms with Crippen LogP contribution < -0.4 is 9.47 Å². The van der Waals surface area contributed by atoms with Crippen molar-refractivity contribution >= 4 is 0 Å². The standard InChI is InChI=1S/C29H35NO2.HNO2/c1-28(2,30-21-27(22-30)32-26-17-11-16-25(20-26)31-4)18-19-29(3,23-12-7-5-8-13-23)24-14-9-6-10-15-24;2-1-3/h5-17,20,27H,18-19,21-22H2,1-4H3;(H,2,3). The second kappa shape index (κ2) is 11.8. The van der Waals surface area contributed by atoms with Crippen molar-refractivity contribution in [1.29, 1.82) is 0 Å². The number of ether oxygens (including phenoxy) is 2. The van der Waals surface area contributed by atoms with Crippen molar-refractivity contribution in [2.45, 2.75) is 50.7 Å². The second-order valence-corrected chi connectivity index (χ2v) is 9.78. The Morgan fingerprint density at radius 1 is 0.857 bits per heavy atom. The zero-order valence-corrected chi connectivity index (χ0v) is 21.1. The van der Waals surface area contributed by atoms with Gasteiger partial charge in [0.15, 0.2) is 5.34 Å². The van der Waals surface area contributed by atoms with Crippen molar-refractivity contribution in [3.05, 3.63) is 101 Å². The lowest BCUT2D eigenvalue weighted by molar-refractivity contribution is -0.0468. The first-order chi connectivity index (χ1) is 16.8. The molecule has 1 heterocycles. The summed E-state index contributed by atoms with van der Waals surface area (Å²) in [4.78, 5) is 10.7. The summed E-state index contributed by atoms with van der Waals surface area (Å²) in [5.74, 6) is 1.72. The first-order valence-corrected chi connectivity index (χ1v) is 12.0. The number of hydrogen-bond donors (Lipinski definition) is 1. The molecule has 0 bridgehead atoms. The second-order valence-electron chi connectivity index (χ2n) is 9.78. The van der Waals surface area contributed by atoms with Gasteiger partial charge in [-0.05, 0) is 49.9 Å². The van der Waals surface area contributed by atoms with E-state index in [0.29, 0.717) is 0 Å². The van der Waals surface area contributed by atoms with E-state index < -0.39 is 0 Å². The lowest BCUT2D eigenvalue weighted by Gasteiger charge is -2.49. The molecule has 1 aliphatic heterocycles. The van der Waals surface area contributed by atoms with Crippen molar-refractivity contribution in [3.8, 4) is 11.5 Å². The summed E-state index contributed by atoms with van der Waals surface area (Å²) >= 11 is 0. The van der Waals surface area contributed by atoms with E-state index >= 15 is 0 Å². The largest absolute Gasteiger partial charge is 0.497 e. The van der Waals surface area contributed by atoms with E-state index in [2.05, 4.69) is 86.3 Å². The fraction of sp³-hybridized carbons (Fsp3) is 0.379. The van der Waals surface area contributed by atoms with Crippen LogP contribution in [0.25, 0.3) is 0 Å². The third-order valence-electron chi connectivity index (χ3n) is 7.11. The van der Waals surface area contributed by atoms with Gasteiger partial charge in [0.1, 0.15) is 17.6 Å². The molecule has 0 aliphatic carbocycles. The Morgan fingerprint density at radius 2 is 1.37 bits per heavy atom. The van der Waals surface area contributed by atoms with Gasteiger partial charge >= 0.3 is 0 Å². The molecule has 0 amide bonds. The van der Waals surface area contributed by atoms with E-state index in [1.807, 2.05) is 24.3 Å². The van der Waals surface area contributed by atoms with Crippen LogP contribution >= 0.6 is 0 Å². The molecular formula is C29H36N2O4. The summed E-state index contributed by atoms with van der Waals surface area (Å²) in [5, 5.41) is 7.89. The Bertz CT molecular complexity index is 1010. The van der Waals surface area contributed by atoms with Gasteiger partial charge in [-0.2, -0.15) is 0 Å². The monoisotopic (exact) mass is 476 g/mol. The van der Waals surface area contributed by atoms with Crippen LogP contribution in [0.3, 0.4) is 0 Å². The fourth-order valence-electron chi connectivity index (χ4n) is 4.66. The van der Waals surface area contributed by atoms with Gasteiger partial charge in [0, 0.05) is 30.1 Å². The smallest absolute Gasteiger partial charge is 0.152 e. The average Bonchev–Trinajstić information content (AvgIpc) is 2.86. The zero-order valence-electron chi connectivity index (χ0n) is 21.1. The van der Waals surface area contributed by atoms with Gasteiger partial charge in [-0.3, -0.25) is 4.90 Å². The third-order valence-corrected chi connectivity index (χ3v) is 7.11. The van der Waals surface area contributed by atoms with Crippen LogP contribution in [-0.2, 0) is 5.41 Å². The van der Waals surface area contributed by atoms with Gasteiger partial charge in [0.05, 0.1) is 7.11 Å². The van der Waals surface area contributed by atoms with E-state index in [1.165, 1.54) is 16.5 Å². The predicted octanol–water partition coefficient (Wildman–Crippen LogP) is 6.47. The number of methoxy groups -OCH3 is 1. The molecule has 4 rings (SSSR count). The molecule has 0 atom stereocenters. The average molecular weight is 477 g/mol. The van der Waals surface area contributed by atoms with Gasteiger partial charge < -0.3 is 14.7 Å². The summed E-state index contributed by atoms with van der Waals surface area (Å²) in [6.07, 6.45) is 2.43. The lowest BCUT2D eigenvalue weighted by Crippen LogP contribution is -2.62. The maximum Gasteiger partial charge on any atom is 0.152 e. The normalized spacial score (nSPS) is 14.3. The van der Waals surface area contributed by atoms with Gasteiger partial charge in [0.25, 0.3) is 0 Å². The van der Waals surface area contributed by atoms with E-state index in [1.54, 1.807) is 7.11 Å². The summed E-state index contributed by atoms with van der Waals surface area (Å²) in [6, 6.07) is 29.7. The van der Waals surface area contributed by atoms with E-state index in [4.69, 9.17) is 19.6 Å². The lowest BCUT2D eigenvalue weighted by atomic mass is 9.71. The molecule has 186 valence electrons. The summed E-state index contributed by atoms with van der Waals surface area (Å²) in [5.41, 5.74) is 2.86. The minimum atomic E-state index is -0.0127. The van der Waals surface area contributed by atoms with Crippen molar-refractivity contribution < 1.29 is 14.7 Å². The molecule has 1 saturated heterocycles. The summed E-state index contributed by atoms with van der Waals surface area (Å²) < 4.78 is 11.5. The van der Waals surface area contributed by atoms with Crippen molar-refractivity contribution in [1.82, 2.24) is 4.90 Å². The molecule has 1 fully saturated rings. The molecule has 0 saturated carbocycles. The highest BCUT2D eigenvalue weighted by molar-refractivity contribution is 5.38. The maximum atomic E-state index is 8.11. The quantitative estimate of drug-likeness (QED) is 0.283. The minimum Gasteiger partial charge on any atom is -0.497 e. The first kappa shape index (κ1) is 26.2. The highest BCUT2D eigenvalue weighted by Crippen LogP contribution is 2.40. The number of benzene rings is 3. The van der Waals surface area contributed by atoms with E-state index in [-0.39, 0.29) is 17.1 Å². The van der Waals surface area contributed by atoms with Crippen LogP contribution in [0.1, 0.15) is 44.7 Å². The molecular weight excluding hydrogens is 440 g/mol. The Hall–Kier alpha value is -3.38. The number of hydrogen-bond acceptors (Lipinski definition) is 5. The summed E-state index contributed by atoms with van der Waals surface area (Å²) in [7, 11) is 1.69. The molecule has 1 aliphatic rings. The number of rotatable bonds is 9. The van der Waals surface area contributed by atoms with Crippen molar-refractivity contribution in [2.75, 3.05) is 20.2 Å². The molecule has 6 heteroatoms. The number of likely N-dealkylation sites (tertiary alicyclic amines) is 1. The summed E-state index contributed by atoms with van der Waals surface area (Å²) in [6.45, 7) is 9.03. The van der Waals surface area contributed by atoms with Gasteiger partial charge in [-0.25, -0.2) is 0 Å². The molecule has 35 heavy (non-hydrogen) atoms. The molecule has 1 N–H and O–H groups in total. The van der Waals surface area contributed by atoms with Crippen molar-refractivity contribution in [2.24, 2.45) is 5.34 Å². The zero-order chi connectivity index (χ0) is 25.3. The molecule has 6 nitrogen and oxygen atoms in total. The van der Waals surface area contributed by atoms with Crippen LogP contribution in [0.2, 0.25) is 0 Å². The third kappa shape index (κ3) is 6.61. The topological polar surface area (TPSA) is 71.4 Å². The van der Waals surface area contributed by atoms with Gasteiger partial charge in [0.2, 0.25) is 0 Å². The van der Waals surface area contributed by atoms with Crippen LogP contribution in [0, 0.1) is 4.91 Å². The highest BCUT2D eigenvalue weighted by Gasteiger charge is 2.40. The van der Waals surface area contributed by atoms with Crippen LogP contribution in [0.15, 0.2) is 90.3 Å². The van der Waals surface area contributed by atoms with Gasteiger partial charge in [-0.15, -0.1) is 4.91 Å². The number of nitrogens with zero attached hydrogens (tertiary/aromatic N) is 2.